The summed E-state index contributed by atoms with van der Waals surface area (Å²) in [7, 11) is 0. The fourth-order valence-electron chi connectivity index (χ4n) is 5.02. The zero-order valence-corrected chi connectivity index (χ0v) is 18.5. The molecule has 0 spiro atoms. The molecule has 0 bridgehead atoms. The number of likely N-dealkylation sites (tertiary alicyclic amines) is 1. The minimum Gasteiger partial charge on any atom is -0.393 e. The highest BCUT2D eigenvalue weighted by atomic mass is 16.3. The minimum absolute atomic E-state index is 0.0705. The number of hydrogen-bond acceptors (Lipinski definition) is 6. The molecule has 2 aliphatic rings. The standard InChI is InChI=1S/C25H28N6O2/c26-15-18-16-31(22-4-2-1-3-21(18)22)23-9-12-27-25(29-23)28-19-7-5-17(6-8-19)24(33)30-13-10-20(32)11-14-30/h1-4,9,12,16-17,19-20,32H,5-8,10-11,13-14H2,(H,27,28,29)/t17-,19-. The Bertz CT molecular complexity index is 1180. The number of nitrogens with zero attached hydrogens (tertiary/aromatic N) is 5. The first-order valence-corrected chi connectivity index (χ1v) is 11.7. The van der Waals surface area contributed by atoms with Crippen LogP contribution in [-0.2, 0) is 4.79 Å². The van der Waals surface area contributed by atoms with Crippen LogP contribution in [0.4, 0.5) is 5.95 Å². The maximum atomic E-state index is 12.8. The molecule has 5 rings (SSSR count). The summed E-state index contributed by atoms with van der Waals surface area (Å²) in [5.74, 6) is 1.58. The van der Waals surface area contributed by atoms with Crippen LogP contribution in [0.25, 0.3) is 16.7 Å². The first kappa shape index (κ1) is 21.4. The number of carbonyl (C=O) groups is 1. The molecule has 0 radical (unpaired) electrons. The predicted molar refractivity (Wildman–Crippen MR) is 125 cm³/mol. The fraction of sp³-hybridized carbons (Fsp3) is 0.440. The largest absolute Gasteiger partial charge is 0.393 e. The van der Waals surface area contributed by atoms with Gasteiger partial charge in [0.2, 0.25) is 11.9 Å². The number of rotatable bonds is 4. The summed E-state index contributed by atoms with van der Waals surface area (Å²) < 4.78 is 1.92. The van der Waals surface area contributed by atoms with Crippen LogP contribution in [0.3, 0.4) is 0 Å². The Labute approximate surface area is 192 Å². The molecule has 170 valence electrons. The average Bonchev–Trinajstić information content (AvgIpc) is 3.24. The number of piperidine rings is 1. The Hall–Kier alpha value is -3.44. The molecule has 1 saturated carbocycles. The van der Waals surface area contributed by atoms with Gasteiger partial charge in [0.25, 0.3) is 0 Å². The molecule has 0 unspecified atom stereocenters. The molecule has 33 heavy (non-hydrogen) atoms. The minimum atomic E-state index is -0.263. The molecule has 2 N–H and O–H groups in total. The monoisotopic (exact) mass is 444 g/mol. The summed E-state index contributed by atoms with van der Waals surface area (Å²) in [6.07, 6.45) is 8.13. The summed E-state index contributed by atoms with van der Waals surface area (Å²) >= 11 is 0. The highest BCUT2D eigenvalue weighted by molar-refractivity contribution is 5.87. The van der Waals surface area contributed by atoms with Gasteiger partial charge in [0, 0.05) is 42.8 Å². The van der Waals surface area contributed by atoms with Crippen LogP contribution in [0, 0.1) is 17.2 Å². The highest BCUT2D eigenvalue weighted by Crippen LogP contribution is 2.29. The lowest BCUT2D eigenvalue weighted by molar-refractivity contribution is -0.138. The Morgan fingerprint density at radius 3 is 2.61 bits per heavy atom. The van der Waals surface area contributed by atoms with Crippen molar-refractivity contribution in [2.75, 3.05) is 18.4 Å². The van der Waals surface area contributed by atoms with Crippen molar-refractivity contribution in [3.63, 3.8) is 0 Å². The molecule has 1 amide bonds. The van der Waals surface area contributed by atoms with Gasteiger partial charge in [0.05, 0.1) is 17.2 Å². The van der Waals surface area contributed by atoms with Crippen molar-refractivity contribution in [3.05, 3.63) is 48.3 Å². The van der Waals surface area contributed by atoms with Gasteiger partial charge in [0.1, 0.15) is 11.9 Å². The van der Waals surface area contributed by atoms with Crippen LogP contribution in [-0.4, -0.2) is 55.7 Å². The third kappa shape index (κ3) is 4.41. The van der Waals surface area contributed by atoms with Crippen LogP contribution in [0.1, 0.15) is 44.1 Å². The van der Waals surface area contributed by atoms with E-state index in [4.69, 9.17) is 4.98 Å². The number of carbonyl (C=O) groups excluding carboxylic acids is 1. The van der Waals surface area contributed by atoms with Gasteiger partial charge < -0.3 is 15.3 Å². The maximum absolute atomic E-state index is 12.8. The van der Waals surface area contributed by atoms with E-state index in [1.54, 1.807) is 6.20 Å². The number of para-hydroxylation sites is 1. The molecular formula is C25H28N6O2. The molecule has 0 atom stereocenters. The van der Waals surface area contributed by atoms with E-state index in [9.17, 15) is 15.2 Å². The molecule has 8 heteroatoms. The average molecular weight is 445 g/mol. The van der Waals surface area contributed by atoms with E-state index in [2.05, 4.69) is 16.4 Å². The number of hydrogen-bond donors (Lipinski definition) is 2. The second-order valence-electron chi connectivity index (χ2n) is 9.03. The van der Waals surface area contributed by atoms with Crippen molar-refractivity contribution in [2.45, 2.75) is 50.7 Å². The molecule has 1 saturated heterocycles. The predicted octanol–water partition coefficient (Wildman–Crippen LogP) is 3.25. The molecule has 2 fully saturated rings. The van der Waals surface area contributed by atoms with Gasteiger partial charge in [-0.3, -0.25) is 9.36 Å². The van der Waals surface area contributed by atoms with Gasteiger partial charge in [-0.15, -0.1) is 0 Å². The van der Waals surface area contributed by atoms with Crippen molar-refractivity contribution in [1.29, 1.82) is 5.26 Å². The number of anilines is 1. The Kier molecular flexibility index (Phi) is 5.97. The van der Waals surface area contributed by atoms with Crippen molar-refractivity contribution < 1.29 is 9.90 Å². The molecule has 1 aliphatic heterocycles. The van der Waals surface area contributed by atoms with Gasteiger partial charge >= 0.3 is 0 Å². The number of aliphatic hydroxyl groups excluding tert-OH is 1. The second kappa shape index (κ2) is 9.20. The number of nitriles is 1. The van der Waals surface area contributed by atoms with Crippen molar-refractivity contribution in [2.24, 2.45) is 5.92 Å². The number of nitrogens with one attached hydrogen (secondary N) is 1. The number of fused-ring (bicyclic) bond motifs is 1. The zero-order chi connectivity index (χ0) is 22.8. The lowest BCUT2D eigenvalue weighted by atomic mass is 9.85. The second-order valence-corrected chi connectivity index (χ2v) is 9.03. The van der Waals surface area contributed by atoms with E-state index in [0.29, 0.717) is 43.3 Å². The molecule has 1 aromatic carbocycles. The number of amides is 1. The van der Waals surface area contributed by atoms with E-state index in [-0.39, 0.29) is 24.0 Å². The van der Waals surface area contributed by atoms with E-state index in [1.165, 1.54) is 0 Å². The van der Waals surface area contributed by atoms with Crippen LogP contribution in [0.5, 0.6) is 0 Å². The normalized spacial score (nSPS) is 21.6. The molecular weight excluding hydrogens is 416 g/mol. The smallest absolute Gasteiger partial charge is 0.225 e. The van der Waals surface area contributed by atoms with Crippen LogP contribution in [0.15, 0.2) is 42.7 Å². The summed E-state index contributed by atoms with van der Waals surface area (Å²) in [6, 6.07) is 12.1. The Balaban J connectivity index is 1.24. The Morgan fingerprint density at radius 1 is 1.09 bits per heavy atom. The summed E-state index contributed by atoms with van der Waals surface area (Å²) in [4.78, 5) is 23.9. The third-order valence-corrected chi connectivity index (χ3v) is 6.91. The quantitative estimate of drug-likeness (QED) is 0.640. The van der Waals surface area contributed by atoms with Gasteiger partial charge in [-0.25, -0.2) is 4.98 Å². The highest BCUT2D eigenvalue weighted by Gasteiger charge is 2.31. The SMILES string of the molecule is N#Cc1cn(-c2ccnc(N[C@H]3CC[C@H](C(=O)N4CCC(O)CC4)CC3)n2)c2ccccc12. The van der Waals surface area contributed by atoms with Crippen LogP contribution >= 0.6 is 0 Å². The first-order valence-electron chi connectivity index (χ1n) is 11.7. The van der Waals surface area contributed by atoms with E-state index in [1.807, 2.05) is 46.0 Å². The fourth-order valence-corrected chi connectivity index (χ4v) is 5.02. The Morgan fingerprint density at radius 2 is 1.85 bits per heavy atom. The van der Waals surface area contributed by atoms with Gasteiger partial charge in [-0.1, -0.05) is 18.2 Å². The summed E-state index contributed by atoms with van der Waals surface area (Å²) in [5.41, 5.74) is 1.55. The first-order chi connectivity index (χ1) is 16.1. The van der Waals surface area contributed by atoms with Crippen LogP contribution in [0.2, 0.25) is 0 Å². The molecule has 8 nitrogen and oxygen atoms in total. The zero-order valence-electron chi connectivity index (χ0n) is 18.5. The van der Waals surface area contributed by atoms with Crippen molar-refractivity contribution in [3.8, 4) is 11.9 Å². The van der Waals surface area contributed by atoms with E-state index >= 15 is 0 Å². The lowest BCUT2D eigenvalue weighted by Crippen LogP contribution is -2.44. The van der Waals surface area contributed by atoms with Crippen molar-refractivity contribution in [1.82, 2.24) is 19.4 Å². The number of benzene rings is 1. The van der Waals surface area contributed by atoms with Crippen molar-refractivity contribution >= 4 is 22.8 Å². The maximum Gasteiger partial charge on any atom is 0.225 e. The molecule has 3 aromatic rings. The topological polar surface area (TPSA) is 107 Å². The molecule has 3 heterocycles. The van der Waals surface area contributed by atoms with E-state index < -0.39 is 0 Å². The molecule has 2 aromatic heterocycles. The van der Waals surface area contributed by atoms with Gasteiger partial charge in [-0.05, 0) is 50.7 Å². The number of aromatic nitrogens is 3. The molecule has 1 aliphatic carbocycles. The third-order valence-electron chi connectivity index (χ3n) is 6.91. The number of aliphatic hydroxyl groups is 1. The summed E-state index contributed by atoms with van der Waals surface area (Å²) in [5, 5.41) is 23.5. The lowest BCUT2D eigenvalue weighted by Gasteiger charge is -2.35. The van der Waals surface area contributed by atoms with E-state index in [0.717, 1.165) is 36.6 Å². The van der Waals surface area contributed by atoms with Gasteiger partial charge in [-0.2, -0.15) is 10.2 Å². The van der Waals surface area contributed by atoms with Crippen LogP contribution < -0.4 is 5.32 Å². The van der Waals surface area contributed by atoms with Gasteiger partial charge in [0.15, 0.2) is 0 Å². The summed E-state index contributed by atoms with van der Waals surface area (Å²) in [6.45, 7) is 1.33.